The van der Waals surface area contributed by atoms with Gasteiger partial charge in [0.05, 0.1) is 43.7 Å². The quantitative estimate of drug-likeness (QED) is 0.0431. The van der Waals surface area contributed by atoms with Gasteiger partial charge in [0.2, 0.25) is 6.04 Å². The second-order valence-corrected chi connectivity index (χ2v) is 17.7. The number of carboxylic acid groups (broad SMARTS) is 1. The Morgan fingerprint density at radius 2 is 1.22 bits per heavy atom. The fourth-order valence-electron chi connectivity index (χ4n) is 6.05. The van der Waals surface area contributed by atoms with E-state index < -0.39 is 93.3 Å². The number of carbonyl (C=O) groups is 2. The lowest BCUT2D eigenvalue weighted by atomic mass is 10.1. The van der Waals surface area contributed by atoms with Gasteiger partial charge in [0.25, 0.3) is 36.3 Å². The summed E-state index contributed by atoms with van der Waals surface area (Å²) >= 11 is 0. The summed E-state index contributed by atoms with van der Waals surface area (Å²) in [4.78, 5) is 23.2. The van der Waals surface area contributed by atoms with Crippen LogP contribution in [0.3, 0.4) is 0 Å². The number of amides is 1. The molecule has 1 atom stereocenters. The lowest BCUT2D eigenvalue weighted by Crippen LogP contribution is -2.33. The number of hydrogen-bond acceptors (Lipinski definition) is 22. The number of methoxy groups -OCH3 is 2. The Labute approximate surface area is 383 Å². The summed E-state index contributed by atoms with van der Waals surface area (Å²) in [6.07, 6.45) is 0. The zero-order valence-corrected chi connectivity index (χ0v) is 37.1. The number of aliphatic hydroxyl groups excluding tert-OH is 2. The number of hydrazone groups is 1. The van der Waals surface area contributed by atoms with Crippen LogP contribution in [0.2, 0.25) is 0 Å². The molecule has 1 unspecified atom stereocenters. The lowest BCUT2D eigenvalue weighted by molar-refractivity contribution is -0.130. The molecular formula is C38H34N8O19S3. The molecule has 30 heteroatoms. The third-order valence-corrected chi connectivity index (χ3v) is 11.7. The molecule has 0 spiro atoms. The van der Waals surface area contributed by atoms with Crippen molar-refractivity contribution in [3.63, 3.8) is 0 Å². The van der Waals surface area contributed by atoms with Crippen molar-refractivity contribution in [2.24, 2.45) is 35.8 Å². The average molecular weight is 1000 g/mol. The Balaban J connectivity index is 1.37. The summed E-state index contributed by atoms with van der Waals surface area (Å²) in [5.74, 6) is -4.35. The van der Waals surface area contributed by atoms with Crippen molar-refractivity contribution in [2.45, 2.75) is 20.7 Å². The maximum absolute atomic E-state index is 13.3. The molecule has 1 aliphatic rings. The van der Waals surface area contributed by atoms with Crippen LogP contribution in [0.5, 0.6) is 28.7 Å². The van der Waals surface area contributed by atoms with Gasteiger partial charge in [-0.25, -0.2) is 4.79 Å². The highest BCUT2D eigenvalue weighted by molar-refractivity contribution is 7.86. The van der Waals surface area contributed by atoms with Crippen molar-refractivity contribution in [2.75, 3.05) is 45.7 Å². The number of rotatable bonds is 19. The van der Waals surface area contributed by atoms with Crippen molar-refractivity contribution in [3.05, 3.63) is 72.8 Å². The third-order valence-electron chi connectivity index (χ3n) is 9.11. The second-order valence-electron chi connectivity index (χ2n) is 13.5. The van der Waals surface area contributed by atoms with E-state index in [9.17, 15) is 68.9 Å². The van der Waals surface area contributed by atoms with Gasteiger partial charge < -0.3 is 39.4 Å². The van der Waals surface area contributed by atoms with E-state index in [0.29, 0.717) is 5.01 Å². The first-order chi connectivity index (χ1) is 32.1. The van der Waals surface area contributed by atoms with E-state index in [4.69, 9.17) is 18.9 Å². The highest BCUT2D eigenvalue weighted by atomic mass is 32.2. The van der Waals surface area contributed by atoms with Crippen molar-refractivity contribution in [3.8, 4) is 28.7 Å². The van der Waals surface area contributed by atoms with Crippen molar-refractivity contribution >= 4 is 92.8 Å². The Hall–Kier alpha value is -7.58. The number of carboxylic acids is 1. The number of ether oxygens (including phenoxy) is 4. The first-order valence-corrected chi connectivity index (χ1v) is 23.0. The van der Waals surface area contributed by atoms with Crippen molar-refractivity contribution < 1.29 is 87.9 Å². The van der Waals surface area contributed by atoms with Gasteiger partial charge in [-0.3, -0.25) is 18.5 Å². The SMILES string of the molecule is COc1cc(S(=O)(=O)O)c(OC)cc1N=Nc1cc(OCCO)c(N=Nc2c(S(=O)(=O)O)cc3cc(N=NC4C(=O)N(c5ccc(S(=O)(=O)O)cc5)N=C4C(=O)O)ccc3c2O)cc1OCCO. The fourth-order valence-corrected chi connectivity index (χ4v) is 7.84. The maximum Gasteiger partial charge on any atom is 0.355 e. The minimum atomic E-state index is -5.22. The number of carbonyl (C=O) groups excluding carboxylic acids is 1. The summed E-state index contributed by atoms with van der Waals surface area (Å²) in [7, 11) is -12.3. The van der Waals surface area contributed by atoms with Crippen LogP contribution in [0, 0.1) is 0 Å². The van der Waals surface area contributed by atoms with Crippen molar-refractivity contribution in [1.29, 1.82) is 0 Å². The summed E-state index contributed by atoms with van der Waals surface area (Å²) < 4.78 is 123. The topological polar surface area (TPSA) is 405 Å². The normalized spacial score (nSPS) is 14.6. The molecule has 0 fully saturated rings. The number of anilines is 1. The van der Waals surface area contributed by atoms with Crippen LogP contribution in [0.4, 0.5) is 34.1 Å². The second kappa shape index (κ2) is 20.1. The smallest absolute Gasteiger partial charge is 0.355 e. The molecule has 0 radical (unpaired) electrons. The number of nitrogens with zero attached hydrogens (tertiary/aromatic N) is 8. The summed E-state index contributed by atoms with van der Waals surface area (Å²) in [5.41, 5.74) is -2.24. The van der Waals surface area contributed by atoms with E-state index in [1.165, 1.54) is 25.3 Å². The molecule has 0 bridgehead atoms. The Bertz CT molecular complexity index is 3290. The number of aliphatic carboxylic acids is 1. The van der Waals surface area contributed by atoms with Gasteiger partial charge in [-0.15, -0.1) is 20.5 Å². The van der Waals surface area contributed by atoms with E-state index >= 15 is 0 Å². The van der Waals surface area contributed by atoms with Crippen LogP contribution >= 0.6 is 0 Å². The van der Waals surface area contributed by atoms with E-state index in [1.807, 2.05) is 0 Å². The number of phenols is 1. The molecule has 358 valence electrons. The predicted octanol–water partition coefficient (Wildman–Crippen LogP) is 4.82. The first-order valence-electron chi connectivity index (χ1n) is 18.7. The maximum atomic E-state index is 13.3. The Morgan fingerprint density at radius 1 is 0.676 bits per heavy atom. The monoisotopic (exact) mass is 1000 g/mol. The van der Waals surface area contributed by atoms with E-state index in [2.05, 4.69) is 35.8 Å². The highest BCUT2D eigenvalue weighted by Gasteiger charge is 2.41. The molecule has 1 aliphatic heterocycles. The molecule has 5 aromatic rings. The summed E-state index contributed by atoms with van der Waals surface area (Å²) in [6, 6.07) is 11.1. The summed E-state index contributed by atoms with van der Waals surface area (Å²) in [5, 5.41) is 68.3. The van der Waals surface area contributed by atoms with Crippen LogP contribution in [0.15, 0.2) is 123 Å². The van der Waals surface area contributed by atoms with Crippen LogP contribution in [0.1, 0.15) is 0 Å². The molecule has 7 N–H and O–H groups in total. The number of aromatic hydroxyl groups is 1. The molecule has 0 saturated carbocycles. The van der Waals surface area contributed by atoms with Crippen LogP contribution in [0.25, 0.3) is 10.8 Å². The molecule has 27 nitrogen and oxygen atoms in total. The molecule has 1 heterocycles. The highest BCUT2D eigenvalue weighted by Crippen LogP contribution is 2.46. The zero-order valence-electron chi connectivity index (χ0n) is 34.7. The lowest BCUT2D eigenvalue weighted by Gasteiger charge is -2.13. The molecule has 6 rings (SSSR count). The van der Waals surface area contributed by atoms with Crippen molar-refractivity contribution in [1.82, 2.24) is 0 Å². The van der Waals surface area contributed by atoms with Gasteiger partial charge in [-0.2, -0.15) is 45.6 Å². The van der Waals surface area contributed by atoms with Crippen LogP contribution < -0.4 is 24.0 Å². The van der Waals surface area contributed by atoms with E-state index in [-0.39, 0.29) is 75.4 Å². The standard InChI is InChI=1S/C38H34N8O19S3/c1-62-27-18-31(67(56,57)58)30(63-2)17-24(27)40-41-25-15-29(65-12-10-48)26(16-28(25)64-11-9-47)42-43-33-32(68(59,60)61)14-19-13-20(3-8-23(19)36(33)49)39-44-34-35(38(51)52)45-46(37(34)50)21-4-6-22(7-5-21)66(53,54)55/h3-8,13-18,34,47-49H,9-12H2,1-2H3,(H,51,52)(H,53,54,55)(H,56,57,58)(H,59,60,61). The van der Waals surface area contributed by atoms with Gasteiger partial charge >= 0.3 is 5.97 Å². The van der Waals surface area contributed by atoms with Gasteiger partial charge in [0.15, 0.2) is 11.5 Å². The first kappa shape index (κ1) is 49.8. The number of benzene rings is 5. The summed E-state index contributed by atoms with van der Waals surface area (Å²) in [6.45, 7) is -1.69. The predicted molar refractivity (Wildman–Crippen MR) is 232 cm³/mol. The fraction of sp³-hybridized carbons (Fsp3) is 0.184. The molecule has 0 aromatic heterocycles. The number of hydrogen-bond donors (Lipinski definition) is 7. The number of azo groups is 3. The molecular weight excluding hydrogens is 969 g/mol. The molecule has 1 amide bonds. The van der Waals surface area contributed by atoms with Gasteiger partial charge in [-0.05, 0) is 53.9 Å². The number of fused-ring (bicyclic) bond motifs is 1. The minimum absolute atomic E-state index is 0.0802. The zero-order chi connectivity index (χ0) is 49.7. The van der Waals surface area contributed by atoms with Gasteiger partial charge in [-0.1, -0.05) is 0 Å². The van der Waals surface area contributed by atoms with E-state index in [1.54, 1.807) is 0 Å². The molecule has 68 heavy (non-hydrogen) atoms. The van der Waals surface area contributed by atoms with E-state index in [0.717, 1.165) is 61.7 Å². The molecule has 0 aliphatic carbocycles. The van der Waals surface area contributed by atoms with Gasteiger partial charge in [0.1, 0.15) is 68.8 Å². The number of phenolic OH excluding ortho intramolecular Hbond substituents is 1. The van der Waals surface area contributed by atoms with Crippen LogP contribution in [-0.2, 0) is 39.9 Å². The number of aliphatic hydroxyl groups is 2. The van der Waals surface area contributed by atoms with Gasteiger partial charge in [0, 0.05) is 29.7 Å². The Morgan fingerprint density at radius 3 is 1.74 bits per heavy atom. The average Bonchev–Trinajstić information content (AvgIpc) is 3.62. The minimum Gasteiger partial charge on any atom is -0.505 e. The molecule has 0 saturated heterocycles. The largest absolute Gasteiger partial charge is 0.505 e. The Kier molecular flexibility index (Phi) is 14.7. The third kappa shape index (κ3) is 11.0. The molecule has 5 aromatic carbocycles. The van der Waals surface area contributed by atoms with Crippen LogP contribution in [-0.4, -0.2) is 124 Å².